The number of hydrogen-bond donors (Lipinski definition) is 0. The maximum Gasteiger partial charge on any atom is 0.148 e. The number of hydrogen-bond acceptors (Lipinski definition) is 2. The average molecular weight is 200 g/mol. The fraction of sp³-hybridized carbons (Fsp3) is 0.727. The lowest BCUT2D eigenvalue weighted by Gasteiger charge is -2.15. The molecule has 0 rings (SSSR count). The van der Waals surface area contributed by atoms with Crippen LogP contribution in [0.4, 0.5) is 0 Å². The van der Waals surface area contributed by atoms with Crippen LogP contribution in [0.25, 0.3) is 0 Å². The molecule has 0 aliphatic heterocycles. The van der Waals surface area contributed by atoms with Gasteiger partial charge < -0.3 is 0 Å². The van der Waals surface area contributed by atoms with E-state index in [4.69, 9.17) is 0 Å². The molecule has 1 nitrogen and oxygen atoms in total. The molecule has 0 amide bonds. The van der Waals surface area contributed by atoms with Crippen molar-refractivity contribution in [1.82, 2.24) is 0 Å². The first-order valence-electron chi connectivity index (χ1n) is 4.74. The Bertz CT molecular complexity index is 177. The van der Waals surface area contributed by atoms with Crippen molar-refractivity contribution in [2.24, 2.45) is 5.41 Å². The van der Waals surface area contributed by atoms with Gasteiger partial charge in [-0.25, -0.2) is 0 Å². The lowest BCUT2D eigenvalue weighted by molar-refractivity contribution is -0.123. The zero-order valence-corrected chi connectivity index (χ0v) is 9.91. The van der Waals surface area contributed by atoms with E-state index in [-0.39, 0.29) is 5.41 Å². The van der Waals surface area contributed by atoms with E-state index in [9.17, 15) is 4.79 Å². The van der Waals surface area contributed by atoms with Crippen molar-refractivity contribution in [3.05, 3.63) is 12.2 Å². The highest BCUT2D eigenvalue weighted by molar-refractivity contribution is 8.00. The zero-order chi connectivity index (χ0) is 10.3. The van der Waals surface area contributed by atoms with Crippen LogP contribution < -0.4 is 0 Å². The van der Waals surface area contributed by atoms with Gasteiger partial charge in [0.2, 0.25) is 0 Å². The Hall–Kier alpha value is -0.240. The summed E-state index contributed by atoms with van der Waals surface area (Å²) in [5.74, 6) is 1.93. The second-order valence-electron chi connectivity index (χ2n) is 4.07. The molecule has 0 unspecified atom stereocenters. The highest BCUT2D eigenvalue weighted by atomic mass is 32.2. The second kappa shape index (κ2) is 6.25. The van der Waals surface area contributed by atoms with Gasteiger partial charge in [-0.1, -0.05) is 39.8 Å². The lowest BCUT2D eigenvalue weighted by Crippen LogP contribution is -2.22. The molecule has 0 heterocycles. The fourth-order valence-corrected chi connectivity index (χ4v) is 1.68. The van der Waals surface area contributed by atoms with Gasteiger partial charge in [-0.05, 0) is 6.42 Å². The third-order valence-electron chi connectivity index (χ3n) is 1.69. The molecule has 0 aliphatic rings. The van der Waals surface area contributed by atoms with E-state index >= 15 is 0 Å². The quantitative estimate of drug-likeness (QED) is 0.500. The Morgan fingerprint density at radius 3 is 2.38 bits per heavy atom. The predicted octanol–water partition coefficient (Wildman–Crippen LogP) is 3.30. The molecule has 0 aromatic heterocycles. The van der Waals surface area contributed by atoms with Gasteiger partial charge in [0, 0.05) is 11.2 Å². The molecule has 0 saturated carbocycles. The third-order valence-corrected chi connectivity index (χ3v) is 2.58. The standard InChI is InChI=1S/C11H20OS/c1-5-6-7-8-13-9-10(12)11(2,3)4/h6-7H,5,8-9H2,1-4H3/b7-6-. The summed E-state index contributed by atoms with van der Waals surface area (Å²) in [5.41, 5.74) is -0.179. The van der Waals surface area contributed by atoms with Crippen molar-refractivity contribution < 1.29 is 4.79 Å². The number of Topliss-reactive ketones (excluding diaryl/α,β-unsaturated/α-hetero) is 1. The third kappa shape index (κ3) is 6.88. The van der Waals surface area contributed by atoms with Crippen LogP contribution >= 0.6 is 11.8 Å². The van der Waals surface area contributed by atoms with Crippen LogP contribution in [0.3, 0.4) is 0 Å². The molecule has 0 fully saturated rings. The SMILES string of the molecule is CC/C=C\CSCC(=O)C(C)(C)C. The summed E-state index contributed by atoms with van der Waals surface area (Å²) in [7, 11) is 0. The van der Waals surface area contributed by atoms with Gasteiger partial charge in [-0.2, -0.15) is 0 Å². The van der Waals surface area contributed by atoms with E-state index in [0.717, 1.165) is 12.2 Å². The number of rotatable bonds is 5. The molecular formula is C11H20OS. The summed E-state index contributed by atoms with van der Waals surface area (Å²) >= 11 is 1.69. The second-order valence-corrected chi connectivity index (χ2v) is 5.10. The number of carbonyl (C=O) groups is 1. The van der Waals surface area contributed by atoms with Gasteiger partial charge >= 0.3 is 0 Å². The smallest absolute Gasteiger partial charge is 0.148 e. The highest BCUT2D eigenvalue weighted by Gasteiger charge is 2.19. The first kappa shape index (κ1) is 12.8. The summed E-state index contributed by atoms with van der Waals surface area (Å²) in [6.45, 7) is 8.02. The maximum absolute atomic E-state index is 11.5. The van der Waals surface area contributed by atoms with E-state index in [1.807, 2.05) is 20.8 Å². The van der Waals surface area contributed by atoms with Crippen LogP contribution in [0.1, 0.15) is 34.1 Å². The highest BCUT2D eigenvalue weighted by Crippen LogP contribution is 2.17. The van der Waals surface area contributed by atoms with Crippen molar-refractivity contribution in [2.45, 2.75) is 34.1 Å². The Kier molecular flexibility index (Phi) is 6.13. The van der Waals surface area contributed by atoms with Crippen LogP contribution in [0.15, 0.2) is 12.2 Å². The molecular weight excluding hydrogens is 180 g/mol. The van der Waals surface area contributed by atoms with E-state index in [1.54, 1.807) is 11.8 Å². The topological polar surface area (TPSA) is 17.1 Å². The van der Waals surface area contributed by atoms with Gasteiger partial charge in [-0.15, -0.1) is 11.8 Å². The number of ketones is 1. The minimum atomic E-state index is -0.179. The van der Waals surface area contributed by atoms with Gasteiger partial charge in [-0.3, -0.25) is 4.79 Å². The average Bonchev–Trinajstić information content (AvgIpc) is 2.02. The Morgan fingerprint density at radius 1 is 1.31 bits per heavy atom. The minimum Gasteiger partial charge on any atom is -0.298 e. The van der Waals surface area contributed by atoms with E-state index < -0.39 is 0 Å². The molecule has 0 saturated heterocycles. The summed E-state index contributed by atoms with van der Waals surface area (Å²) in [4.78, 5) is 11.5. The Labute approximate surface area is 86.0 Å². The van der Waals surface area contributed by atoms with Crippen LogP contribution in [-0.2, 0) is 4.79 Å². The lowest BCUT2D eigenvalue weighted by atomic mass is 9.92. The van der Waals surface area contributed by atoms with Crippen molar-refractivity contribution in [2.75, 3.05) is 11.5 Å². The molecule has 76 valence electrons. The molecule has 0 spiro atoms. The van der Waals surface area contributed by atoms with Gasteiger partial charge in [0.15, 0.2) is 0 Å². The molecule has 0 aliphatic carbocycles. The zero-order valence-electron chi connectivity index (χ0n) is 9.09. The molecule has 13 heavy (non-hydrogen) atoms. The van der Waals surface area contributed by atoms with Gasteiger partial charge in [0.1, 0.15) is 5.78 Å². The maximum atomic E-state index is 11.5. The van der Waals surface area contributed by atoms with E-state index in [0.29, 0.717) is 11.5 Å². The van der Waals surface area contributed by atoms with Crippen molar-refractivity contribution in [3.63, 3.8) is 0 Å². The Balaban J connectivity index is 3.55. The minimum absolute atomic E-state index is 0.179. The molecule has 0 aromatic carbocycles. The van der Waals surface area contributed by atoms with Crippen molar-refractivity contribution in [1.29, 1.82) is 0 Å². The van der Waals surface area contributed by atoms with Crippen molar-refractivity contribution >= 4 is 17.5 Å². The van der Waals surface area contributed by atoms with Crippen LogP contribution in [-0.4, -0.2) is 17.3 Å². The summed E-state index contributed by atoms with van der Waals surface area (Å²) < 4.78 is 0. The van der Waals surface area contributed by atoms with Crippen LogP contribution in [0.5, 0.6) is 0 Å². The first-order valence-corrected chi connectivity index (χ1v) is 5.90. The van der Waals surface area contributed by atoms with Crippen LogP contribution in [0.2, 0.25) is 0 Å². The Morgan fingerprint density at radius 2 is 1.92 bits per heavy atom. The van der Waals surface area contributed by atoms with E-state index in [1.165, 1.54) is 0 Å². The molecule has 0 bridgehead atoms. The summed E-state index contributed by atoms with van der Waals surface area (Å²) in [6.07, 6.45) is 5.34. The number of allylic oxidation sites excluding steroid dienone is 1. The number of thioether (sulfide) groups is 1. The normalized spacial score (nSPS) is 12.3. The summed E-state index contributed by atoms with van der Waals surface area (Å²) in [6, 6.07) is 0. The molecule has 0 atom stereocenters. The molecule has 0 N–H and O–H groups in total. The van der Waals surface area contributed by atoms with Gasteiger partial charge in [0.05, 0.1) is 5.75 Å². The monoisotopic (exact) mass is 200 g/mol. The largest absolute Gasteiger partial charge is 0.298 e. The predicted molar refractivity (Wildman–Crippen MR) is 61.2 cm³/mol. The molecule has 0 aromatic rings. The molecule has 0 radical (unpaired) electrons. The summed E-state index contributed by atoms with van der Waals surface area (Å²) in [5, 5.41) is 0. The fourth-order valence-electron chi connectivity index (χ4n) is 0.671. The van der Waals surface area contributed by atoms with Crippen LogP contribution in [0, 0.1) is 5.41 Å². The van der Waals surface area contributed by atoms with Crippen molar-refractivity contribution in [3.8, 4) is 0 Å². The van der Waals surface area contributed by atoms with Gasteiger partial charge in [0.25, 0.3) is 0 Å². The molecule has 2 heteroatoms. The number of carbonyl (C=O) groups excluding carboxylic acids is 1. The van der Waals surface area contributed by atoms with E-state index in [2.05, 4.69) is 19.1 Å². The first-order chi connectivity index (χ1) is 5.98.